The van der Waals surface area contributed by atoms with Crippen LogP contribution in [0.25, 0.3) is 5.69 Å². The molecule has 3 heterocycles. The Bertz CT molecular complexity index is 1030. The molecule has 1 aliphatic rings. The Morgan fingerprint density at radius 2 is 1.93 bits per heavy atom. The van der Waals surface area contributed by atoms with Crippen LogP contribution < -0.4 is 10.1 Å². The number of aliphatic hydroxyl groups is 1. The number of pyridine rings is 1. The van der Waals surface area contributed by atoms with Gasteiger partial charge in [-0.05, 0) is 74.1 Å². The molecule has 0 unspecified atom stereocenters. The van der Waals surface area contributed by atoms with Crippen LogP contribution >= 0.6 is 12.2 Å². The summed E-state index contributed by atoms with van der Waals surface area (Å²) in [4.78, 5) is 6.63. The lowest BCUT2D eigenvalue weighted by atomic mass is 9.97. The second-order valence-electron chi connectivity index (χ2n) is 7.40. The number of aliphatic hydroxyl groups excluding tert-OH is 1. The molecule has 156 valence electrons. The van der Waals surface area contributed by atoms with E-state index in [-0.39, 0.29) is 18.7 Å². The van der Waals surface area contributed by atoms with Gasteiger partial charge in [0.2, 0.25) is 0 Å². The highest BCUT2D eigenvalue weighted by Gasteiger charge is 2.41. The number of thiocarbonyl (C=S) groups is 1. The third-order valence-electron chi connectivity index (χ3n) is 5.66. The number of hydrogen-bond acceptors (Lipinski definition) is 4. The van der Waals surface area contributed by atoms with Crippen molar-refractivity contribution < 1.29 is 9.84 Å². The molecule has 1 aliphatic heterocycles. The number of nitrogens with zero attached hydrogens (tertiary/aromatic N) is 3. The molecule has 0 aliphatic carbocycles. The second-order valence-corrected chi connectivity index (χ2v) is 7.79. The summed E-state index contributed by atoms with van der Waals surface area (Å²) in [5.41, 5.74) is 5.44. The fraction of sp³-hybridized carbons (Fsp3) is 0.304. The molecule has 6 nitrogen and oxygen atoms in total. The van der Waals surface area contributed by atoms with Crippen LogP contribution in [-0.4, -0.2) is 44.9 Å². The van der Waals surface area contributed by atoms with Crippen molar-refractivity contribution in [2.24, 2.45) is 0 Å². The standard InChI is InChI=1S/C23H26N4O2S/c1-15-14-19(16(2)27(15)17-7-9-18(29-3)10-8-17)22-21(20-6-4-5-11-24-20)25-23(30)26(22)12-13-28/h4-11,14,21-22,28H,12-13H2,1-3H3,(H,25,30)/t21-,22-/m0/s1. The van der Waals surface area contributed by atoms with Crippen LogP contribution in [0, 0.1) is 13.8 Å². The van der Waals surface area contributed by atoms with Crippen LogP contribution in [0.2, 0.25) is 0 Å². The van der Waals surface area contributed by atoms with E-state index in [0.717, 1.165) is 28.5 Å². The fourth-order valence-corrected chi connectivity index (χ4v) is 4.64. The largest absolute Gasteiger partial charge is 0.497 e. The first-order chi connectivity index (χ1) is 14.5. The lowest BCUT2D eigenvalue weighted by Gasteiger charge is -2.27. The number of methoxy groups -OCH3 is 1. The van der Waals surface area contributed by atoms with E-state index in [0.29, 0.717) is 11.7 Å². The van der Waals surface area contributed by atoms with Crippen LogP contribution in [0.15, 0.2) is 54.7 Å². The van der Waals surface area contributed by atoms with E-state index in [9.17, 15) is 5.11 Å². The molecule has 1 fully saturated rings. The number of ether oxygens (including phenoxy) is 1. The van der Waals surface area contributed by atoms with Gasteiger partial charge in [-0.25, -0.2) is 0 Å². The third kappa shape index (κ3) is 3.55. The fourth-order valence-electron chi connectivity index (χ4n) is 4.31. The van der Waals surface area contributed by atoms with Gasteiger partial charge in [-0.1, -0.05) is 6.07 Å². The summed E-state index contributed by atoms with van der Waals surface area (Å²) in [6.45, 7) is 4.73. The van der Waals surface area contributed by atoms with Crippen molar-refractivity contribution in [2.45, 2.75) is 25.9 Å². The molecule has 1 saturated heterocycles. The van der Waals surface area contributed by atoms with Gasteiger partial charge in [-0.3, -0.25) is 4.98 Å². The summed E-state index contributed by atoms with van der Waals surface area (Å²) in [5, 5.41) is 13.7. The molecule has 1 aromatic carbocycles. The minimum Gasteiger partial charge on any atom is -0.497 e. The summed E-state index contributed by atoms with van der Waals surface area (Å²) in [7, 11) is 1.67. The van der Waals surface area contributed by atoms with E-state index in [2.05, 4.69) is 51.8 Å². The molecular formula is C23H26N4O2S. The first kappa shape index (κ1) is 20.4. The van der Waals surface area contributed by atoms with Crippen molar-refractivity contribution in [2.75, 3.05) is 20.3 Å². The smallest absolute Gasteiger partial charge is 0.170 e. The van der Waals surface area contributed by atoms with Crippen molar-refractivity contribution in [3.63, 3.8) is 0 Å². The summed E-state index contributed by atoms with van der Waals surface area (Å²) in [6.07, 6.45) is 1.80. The van der Waals surface area contributed by atoms with E-state index < -0.39 is 0 Å². The Morgan fingerprint density at radius 1 is 1.17 bits per heavy atom. The van der Waals surface area contributed by atoms with E-state index in [4.69, 9.17) is 17.0 Å². The monoisotopic (exact) mass is 422 g/mol. The summed E-state index contributed by atoms with van der Waals surface area (Å²) in [6, 6.07) is 16.0. The minimum atomic E-state index is -0.0879. The highest BCUT2D eigenvalue weighted by Crippen LogP contribution is 2.41. The van der Waals surface area contributed by atoms with E-state index in [1.54, 1.807) is 13.3 Å². The molecule has 0 radical (unpaired) electrons. The number of rotatable bonds is 6. The highest BCUT2D eigenvalue weighted by atomic mass is 32.1. The van der Waals surface area contributed by atoms with Gasteiger partial charge in [-0.2, -0.15) is 0 Å². The van der Waals surface area contributed by atoms with Gasteiger partial charge in [-0.15, -0.1) is 0 Å². The average Bonchev–Trinajstić information content (AvgIpc) is 3.24. The number of aromatic nitrogens is 2. The predicted molar refractivity (Wildman–Crippen MR) is 121 cm³/mol. The van der Waals surface area contributed by atoms with Crippen molar-refractivity contribution >= 4 is 17.3 Å². The molecule has 0 spiro atoms. The first-order valence-electron chi connectivity index (χ1n) is 9.97. The van der Waals surface area contributed by atoms with Crippen molar-refractivity contribution in [1.82, 2.24) is 19.8 Å². The van der Waals surface area contributed by atoms with Crippen LogP contribution in [0.3, 0.4) is 0 Å². The van der Waals surface area contributed by atoms with Gasteiger partial charge in [0, 0.05) is 29.8 Å². The maximum absolute atomic E-state index is 9.66. The summed E-state index contributed by atoms with van der Waals surface area (Å²) < 4.78 is 7.54. The topological polar surface area (TPSA) is 62.5 Å². The summed E-state index contributed by atoms with van der Waals surface area (Å²) in [5.74, 6) is 0.830. The molecule has 30 heavy (non-hydrogen) atoms. The molecular weight excluding hydrogens is 396 g/mol. The van der Waals surface area contributed by atoms with Crippen molar-refractivity contribution in [1.29, 1.82) is 0 Å². The Kier molecular flexibility index (Phi) is 5.74. The third-order valence-corrected chi connectivity index (χ3v) is 6.01. The lowest BCUT2D eigenvalue weighted by Crippen LogP contribution is -2.32. The summed E-state index contributed by atoms with van der Waals surface area (Å²) >= 11 is 5.62. The molecule has 2 atom stereocenters. The normalized spacial score (nSPS) is 18.5. The first-order valence-corrected chi connectivity index (χ1v) is 10.4. The Hall–Kier alpha value is -2.90. The van der Waals surface area contributed by atoms with Crippen LogP contribution in [0.1, 0.15) is 34.7 Å². The molecule has 3 aromatic rings. The molecule has 0 amide bonds. The molecule has 2 N–H and O–H groups in total. The zero-order chi connectivity index (χ0) is 21.3. The Labute approximate surface area is 182 Å². The number of aryl methyl sites for hydroxylation is 1. The number of nitrogens with one attached hydrogen (secondary N) is 1. The van der Waals surface area contributed by atoms with Gasteiger partial charge in [0.05, 0.1) is 31.5 Å². The van der Waals surface area contributed by atoms with E-state index >= 15 is 0 Å². The van der Waals surface area contributed by atoms with Gasteiger partial charge >= 0.3 is 0 Å². The van der Waals surface area contributed by atoms with Gasteiger partial charge in [0.25, 0.3) is 0 Å². The molecule has 7 heteroatoms. The Balaban J connectivity index is 1.80. The average molecular weight is 423 g/mol. The molecule has 4 rings (SSSR count). The SMILES string of the molecule is COc1ccc(-n2c(C)cc([C@H]3[C@H](c4ccccn4)NC(=S)N3CCO)c2C)cc1. The van der Waals surface area contributed by atoms with Crippen molar-refractivity contribution in [3.05, 3.63) is 77.4 Å². The maximum Gasteiger partial charge on any atom is 0.170 e. The van der Waals surface area contributed by atoms with E-state index in [1.165, 1.54) is 5.56 Å². The van der Waals surface area contributed by atoms with Gasteiger partial charge < -0.3 is 24.6 Å². The quantitative estimate of drug-likeness (QED) is 0.593. The van der Waals surface area contributed by atoms with Crippen LogP contribution in [0.4, 0.5) is 0 Å². The maximum atomic E-state index is 9.66. The van der Waals surface area contributed by atoms with Gasteiger partial charge in [0.15, 0.2) is 5.11 Å². The minimum absolute atomic E-state index is 0.0322. The van der Waals surface area contributed by atoms with Gasteiger partial charge in [0.1, 0.15) is 5.75 Å². The van der Waals surface area contributed by atoms with Crippen LogP contribution in [-0.2, 0) is 0 Å². The molecule has 0 saturated carbocycles. The number of benzene rings is 1. The van der Waals surface area contributed by atoms with Crippen LogP contribution in [0.5, 0.6) is 5.75 Å². The molecule has 2 aromatic heterocycles. The molecule has 0 bridgehead atoms. The number of hydrogen-bond donors (Lipinski definition) is 2. The zero-order valence-electron chi connectivity index (χ0n) is 17.4. The predicted octanol–water partition coefficient (Wildman–Crippen LogP) is 3.46. The second kappa shape index (κ2) is 8.45. The zero-order valence-corrected chi connectivity index (χ0v) is 18.2. The highest BCUT2D eigenvalue weighted by molar-refractivity contribution is 7.80. The van der Waals surface area contributed by atoms with Crippen molar-refractivity contribution in [3.8, 4) is 11.4 Å². The number of β-amino-alcohol motifs (C(OH)–C–C–N with tert-alkyl or cyclic N) is 1. The lowest BCUT2D eigenvalue weighted by molar-refractivity contribution is 0.223. The Morgan fingerprint density at radius 3 is 2.57 bits per heavy atom. The van der Waals surface area contributed by atoms with E-state index in [1.807, 2.05) is 30.3 Å².